The molecule has 0 aliphatic heterocycles. The highest BCUT2D eigenvalue weighted by Gasteiger charge is 2.14. The van der Waals surface area contributed by atoms with Crippen LogP contribution in [-0.4, -0.2) is 16.8 Å². The van der Waals surface area contributed by atoms with Crippen molar-refractivity contribution in [3.05, 3.63) is 60.2 Å². The molecule has 20 heavy (non-hydrogen) atoms. The maximum Gasteiger partial charge on any atom is 0.313 e. The Morgan fingerprint density at radius 3 is 2.45 bits per heavy atom. The molecule has 1 aromatic carbocycles. The molecular formula is C14H12FN3O2. The minimum absolute atomic E-state index is 0.0310. The van der Waals surface area contributed by atoms with Crippen LogP contribution in [0.3, 0.4) is 0 Å². The third-order valence-electron chi connectivity index (χ3n) is 2.53. The molecule has 2 N–H and O–H groups in total. The minimum Gasteiger partial charge on any atom is -0.344 e. The number of carbonyl (C=O) groups is 2. The smallest absolute Gasteiger partial charge is 0.313 e. The Morgan fingerprint density at radius 2 is 1.75 bits per heavy atom. The molecule has 2 amide bonds. The first-order valence-corrected chi connectivity index (χ1v) is 5.89. The van der Waals surface area contributed by atoms with E-state index in [9.17, 15) is 14.0 Å². The normalized spacial score (nSPS) is 9.85. The first-order chi connectivity index (χ1) is 9.66. The number of hydrogen-bond acceptors (Lipinski definition) is 3. The van der Waals surface area contributed by atoms with E-state index in [2.05, 4.69) is 15.6 Å². The number of amides is 2. The fraction of sp³-hybridized carbons (Fsp3) is 0.0714. The van der Waals surface area contributed by atoms with E-state index in [4.69, 9.17) is 0 Å². The van der Waals surface area contributed by atoms with Crippen LogP contribution in [0.4, 0.5) is 10.1 Å². The third-order valence-corrected chi connectivity index (χ3v) is 2.53. The first-order valence-electron chi connectivity index (χ1n) is 5.89. The van der Waals surface area contributed by atoms with Crippen LogP contribution >= 0.6 is 0 Å². The summed E-state index contributed by atoms with van der Waals surface area (Å²) in [5.41, 5.74) is 0.781. The highest BCUT2D eigenvalue weighted by molar-refractivity contribution is 6.39. The summed E-state index contributed by atoms with van der Waals surface area (Å²) in [6, 6.07) is 9.07. The Morgan fingerprint density at radius 1 is 1.05 bits per heavy atom. The van der Waals surface area contributed by atoms with Gasteiger partial charge < -0.3 is 10.6 Å². The number of anilines is 1. The molecule has 0 aliphatic rings. The molecule has 102 valence electrons. The van der Waals surface area contributed by atoms with Crippen LogP contribution in [0.25, 0.3) is 0 Å². The highest BCUT2D eigenvalue weighted by atomic mass is 19.1. The largest absolute Gasteiger partial charge is 0.344 e. The van der Waals surface area contributed by atoms with Gasteiger partial charge in [-0.1, -0.05) is 12.1 Å². The minimum atomic E-state index is -0.913. The molecule has 1 heterocycles. The van der Waals surface area contributed by atoms with Crippen molar-refractivity contribution in [3.63, 3.8) is 0 Å². The van der Waals surface area contributed by atoms with Crippen LogP contribution in [0.15, 0.2) is 48.8 Å². The predicted octanol–water partition coefficient (Wildman–Crippen LogP) is 1.48. The van der Waals surface area contributed by atoms with Gasteiger partial charge in [-0.25, -0.2) is 4.39 Å². The van der Waals surface area contributed by atoms with Gasteiger partial charge in [-0.05, 0) is 29.8 Å². The summed E-state index contributed by atoms with van der Waals surface area (Å²) in [6.45, 7) is 0.200. The standard InChI is InChI=1S/C14H12FN3O2/c15-11-3-1-2-4-12(11)18-14(20)13(19)17-9-10-5-7-16-8-6-10/h1-8H,9H2,(H,17,19)(H,18,20). The molecule has 1 aromatic heterocycles. The van der Waals surface area contributed by atoms with E-state index in [1.165, 1.54) is 18.2 Å². The summed E-state index contributed by atoms with van der Waals surface area (Å²) >= 11 is 0. The van der Waals surface area contributed by atoms with Crippen LogP contribution in [-0.2, 0) is 16.1 Å². The molecule has 0 saturated heterocycles. The van der Waals surface area contributed by atoms with Crippen LogP contribution in [0, 0.1) is 5.82 Å². The van der Waals surface area contributed by atoms with Gasteiger partial charge >= 0.3 is 11.8 Å². The number of nitrogens with one attached hydrogen (secondary N) is 2. The highest BCUT2D eigenvalue weighted by Crippen LogP contribution is 2.11. The van der Waals surface area contributed by atoms with E-state index in [-0.39, 0.29) is 12.2 Å². The van der Waals surface area contributed by atoms with Gasteiger partial charge in [0.25, 0.3) is 0 Å². The zero-order valence-electron chi connectivity index (χ0n) is 10.5. The van der Waals surface area contributed by atoms with Gasteiger partial charge in [0.2, 0.25) is 0 Å². The molecule has 0 aliphatic carbocycles. The number of para-hydroxylation sites is 1. The van der Waals surface area contributed by atoms with Gasteiger partial charge in [0, 0.05) is 18.9 Å². The van der Waals surface area contributed by atoms with Crippen LogP contribution in [0.1, 0.15) is 5.56 Å². The van der Waals surface area contributed by atoms with Crippen molar-refractivity contribution in [2.45, 2.75) is 6.54 Å². The maximum atomic E-state index is 13.3. The second-order valence-electron chi connectivity index (χ2n) is 3.97. The summed E-state index contributed by atoms with van der Waals surface area (Å²) in [6.07, 6.45) is 3.17. The number of benzene rings is 1. The Bertz CT molecular complexity index is 617. The molecule has 2 aromatic rings. The van der Waals surface area contributed by atoms with Crippen molar-refractivity contribution in [1.82, 2.24) is 10.3 Å². The molecule has 0 radical (unpaired) electrons. The van der Waals surface area contributed by atoms with Gasteiger partial charge in [0.1, 0.15) is 5.82 Å². The van der Waals surface area contributed by atoms with E-state index < -0.39 is 17.6 Å². The van der Waals surface area contributed by atoms with Gasteiger partial charge in [-0.2, -0.15) is 0 Å². The van der Waals surface area contributed by atoms with Gasteiger partial charge in [-0.3, -0.25) is 14.6 Å². The molecule has 2 rings (SSSR count). The topological polar surface area (TPSA) is 71.1 Å². The zero-order chi connectivity index (χ0) is 14.4. The van der Waals surface area contributed by atoms with Crippen molar-refractivity contribution in [3.8, 4) is 0 Å². The maximum absolute atomic E-state index is 13.3. The summed E-state index contributed by atoms with van der Waals surface area (Å²) < 4.78 is 13.3. The summed E-state index contributed by atoms with van der Waals surface area (Å²) in [4.78, 5) is 27.0. The number of halogens is 1. The van der Waals surface area contributed by atoms with E-state index >= 15 is 0 Å². The molecule has 0 spiro atoms. The quantitative estimate of drug-likeness (QED) is 0.832. The lowest BCUT2D eigenvalue weighted by Gasteiger charge is -2.07. The number of carbonyl (C=O) groups excluding carboxylic acids is 2. The molecule has 0 bridgehead atoms. The van der Waals surface area contributed by atoms with Gasteiger partial charge in [0.15, 0.2) is 0 Å². The second kappa shape index (κ2) is 6.42. The Kier molecular flexibility index (Phi) is 4.39. The number of nitrogens with zero attached hydrogens (tertiary/aromatic N) is 1. The predicted molar refractivity (Wildman–Crippen MR) is 71.1 cm³/mol. The SMILES string of the molecule is O=C(NCc1ccncc1)C(=O)Nc1ccccc1F. The molecular weight excluding hydrogens is 261 g/mol. The summed E-state index contributed by atoms with van der Waals surface area (Å²) in [5, 5.41) is 4.65. The summed E-state index contributed by atoms with van der Waals surface area (Å²) in [5.74, 6) is -2.34. The number of rotatable bonds is 3. The number of hydrogen-bond donors (Lipinski definition) is 2. The lowest BCUT2D eigenvalue weighted by Crippen LogP contribution is -2.35. The zero-order valence-corrected chi connectivity index (χ0v) is 10.5. The fourth-order valence-corrected chi connectivity index (χ4v) is 1.50. The lowest BCUT2D eigenvalue weighted by atomic mass is 10.2. The van der Waals surface area contributed by atoms with Crippen molar-refractivity contribution in [1.29, 1.82) is 0 Å². The molecule has 0 unspecified atom stereocenters. The fourth-order valence-electron chi connectivity index (χ4n) is 1.50. The van der Waals surface area contributed by atoms with Crippen molar-refractivity contribution in [2.75, 3.05) is 5.32 Å². The molecule has 0 fully saturated rings. The number of aromatic nitrogens is 1. The molecule has 0 atom stereocenters. The van der Waals surface area contributed by atoms with Crippen molar-refractivity contribution < 1.29 is 14.0 Å². The second-order valence-corrected chi connectivity index (χ2v) is 3.97. The third kappa shape index (κ3) is 3.61. The Labute approximate surface area is 114 Å². The summed E-state index contributed by atoms with van der Waals surface area (Å²) in [7, 11) is 0. The van der Waals surface area contributed by atoms with Crippen molar-refractivity contribution >= 4 is 17.5 Å². The number of pyridine rings is 1. The first kappa shape index (κ1) is 13.7. The Balaban J connectivity index is 1.90. The molecule has 5 nitrogen and oxygen atoms in total. The van der Waals surface area contributed by atoms with Gasteiger partial charge in [-0.15, -0.1) is 0 Å². The van der Waals surface area contributed by atoms with E-state index in [0.717, 1.165) is 5.56 Å². The van der Waals surface area contributed by atoms with E-state index in [1.807, 2.05) is 0 Å². The van der Waals surface area contributed by atoms with Gasteiger partial charge in [0.05, 0.1) is 5.69 Å². The van der Waals surface area contributed by atoms with Crippen LogP contribution in [0.2, 0.25) is 0 Å². The molecule has 0 saturated carbocycles. The monoisotopic (exact) mass is 273 g/mol. The van der Waals surface area contributed by atoms with Crippen molar-refractivity contribution in [2.24, 2.45) is 0 Å². The van der Waals surface area contributed by atoms with Crippen LogP contribution < -0.4 is 10.6 Å². The Hall–Kier alpha value is -2.76. The van der Waals surface area contributed by atoms with Crippen LogP contribution in [0.5, 0.6) is 0 Å². The van der Waals surface area contributed by atoms with E-state index in [0.29, 0.717) is 0 Å². The molecule has 6 heteroatoms. The average molecular weight is 273 g/mol. The average Bonchev–Trinajstić information content (AvgIpc) is 2.48. The lowest BCUT2D eigenvalue weighted by molar-refractivity contribution is -0.136. The van der Waals surface area contributed by atoms with E-state index in [1.54, 1.807) is 30.6 Å².